The fourth-order valence-electron chi connectivity index (χ4n) is 1.08. The summed E-state index contributed by atoms with van der Waals surface area (Å²) in [7, 11) is -2.91. The van der Waals surface area contributed by atoms with Crippen LogP contribution in [0.3, 0.4) is 0 Å². The summed E-state index contributed by atoms with van der Waals surface area (Å²) in [5, 5.41) is -1.40. The maximum Gasteiger partial charge on any atom is 0.325 e. The SMILES string of the molecule is COC(=O)C(C)S(=O)(=O)NC(C)C(=O)OC(C)(C)C. The van der Waals surface area contributed by atoms with Gasteiger partial charge in [0.2, 0.25) is 10.0 Å². The third-order valence-corrected chi connectivity index (χ3v) is 3.91. The predicted octanol–water partition coefficient (Wildman–Crippen LogP) is 0.198. The number of hydrogen-bond donors (Lipinski definition) is 1. The summed E-state index contributed by atoms with van der Waals surface area (Å²) in [6.07, 6.45) is 0. The molecule has 0 aromatic heterocycles. The molecule has 2 unspecified atom stereocenters. The van der Waals surface area contributed by atoms with Crippen molar-refractivity contribution in [3.05, 3.63) is 0 Å². The molecule has 0 saturated heterocycles. The number of sulfonamides is 1. The Kier molecular flexibility index (Phi) is 5.95. The Morgan fingerprint density at radius 2 is 1.58 bits per heavy atom. The summed E-state index contributed by atoms with van der Waals surface area (Å²) in [5.41, 5.74) is -0.718. The number of carbonyl (C=O) groups is 2. The molecule has 0 heterocycles. The van der Waals surface area contributed by atoms with Gasteiger partial charge in [0.15, 0.2) is 5.25 Å². The fraction of sp³-hybridized carbons (Fsp3) is 0.818. The third kappa shape index (κ3) is 6.02. The van der Waals surface area contributed by atoms with Crippen LogP contribution in [-0.4, -0.2) is 44.4 Å². The molecule has 7 nitrogen and oxygen atoms in total. The van der Waals surface area contributed by atoms with Gasteiger partial charge in [-0.05, 0) is 34.6 Å². The quantitative estimate of drug-likeness (QED) is 0.727. The highest BCUT2D eigenvalue weighted by molar-refractivity contribution is 7.90. The second kappa shape index (κ2) is 6.33. The Morgan fingerprint density at radius 3 is 1.95 bits per heavy atom. The second-order valence-corrected chi connectivity index (χ2v) is 7.12. The van der Waals surface area contributed by atoms with Crippen molar-refractivity contribution in [3.63, 3.8) is 0 Å². The molecule has 0 spiro atoms. The average molecular weight is 295 g/mol. The van der Waals surface area contributed by atoms with E-state index in [1.54, 1.807) is 20.8 Å². The molecule has 8 heteroatoms. The summed E-state index contributed by atoms with van der Waals surface area (Å²) >= 11 is 0. The van der Waals surface area contributed by atoms with Crippen LogP contribution in [0, 0.1) is 0 Å². The number of ether oxygens (including phenoxy) is 2. The molecule has 0 aliphatic heterocycles. The van der Waals surface area contributed by atoms with Crippen LogP contribution in [0.15, 0.2) is 0 Å². The Morgan fingerprint density at radius 1 is 1.11 bits per heavy atom. The maximum absolute atomic E-state index is 11.8. The van der Waals surface area contributed by atoms with Crippen LogP contribution in [0.25, 0.3) is 0 Å². The van der Waals surface area contributed by atoms with Gasteiger partial charge in [-0.2, -0.15) is 0 Å². The highest BCUT2D eigenvalue weighted by Crippen LogP contribution is 2.09. The summed E-state index contributed by atoms with van der Waals surface area (Å²) in [5.74, 6) is -1.61. The largest absolute Gasteiger partial charge is 0.468 e. The molecule has 0 fully saturated rings. The van der Waals surface area contributed by atoms with Gasteiger partial charge in [0, 0.05) is 0 Å². The first-order valence-electron chi connectivity index (χ1n) is 5.72. The van der Waals surface area contributed by atoms with E-state index < -0.39 is 38.9 Å². The standard InChI is InChI=1S/C11H21NO6S/c1-7(9(13)18-11(3,4)5)12-19(15,16)8(2)10(14)17-6/h7-8,12H,1-6H3. The zero-order valence-electron chi connectivity index (χ0n) is 12.0. The van der Waals surface area contributed by atoms with E-state index in [2.05, 4.69) is 9.46 Å². The molecule has 0 aromatic rings. The zero-order valence-corrected chi connectivity index (χ0v) is 12.8. The normalized spacial score (nSPS) is 15.5. The Bertz CT molecular complexity index is 437. The molecule has 0 amide bonds. The molecule has 0 rings (SSSR count). The number of hydrogen-bond acceptors (Lipinski definition) is 6. The molecule has 0 bridgehead atoms. The van der Waals surface area contributed by atoms with Gasteiger partial charge in [-0.15, -0.1) is 0 Å². The van der Waals surface area contributed by atoms with Crippen LogP contribution in [0.5, 0.6) is 0 Å². The summed E-state index contributed by atoms with van der Waals surface area (Å²) in [6, 6.07) is -1.09. The van der Waals surface area contributed by atoms with Crippen molar-refractivity contribution in [2.75, 3.05) is 7.11 Å². The highest BCUT2D eigenvalue weighted by atomic mass is 32.2. The highest BCUT2D eigenvalue weighted by Gasteiger charge is 2.33. The topological polar surface area (TPSA) is 98.8 Å². The lowest BCUT2D eigenvalue weighted by Gasteiger charge is -2.23. The molecule has 0 aromatic carbocycles. The Balaban J connectivity index is 4.76. The summed E-state index contributed by atoms with van der Waals surface area (Å²) < 4.78 is 35.1. The lowest BCUT2D eigenvalue weighted by Crippen LogP contribution is -2.47. The van der Waals surface area contributed by atoms with Crippen LogP contribution in [-0.2, 0) is 29.1 Å². The number of carbonyl (C=O) groups excluding carboxylic acids is 2. The Hall–Kier alpha value is -1.15. The molecule has 0 aliphatic rings. The van der Waals surface area contributed by atoms with Gasteiger partial charge in [-0.25, -0.2) is 13.1 Å². The molecule has 19 heavy (non-hydrogen) atoms. The minimum Gasteiger partial charge on any atom is -0.468 e. The number of rotatable bonds is 5. The smallest absolute Gasteiger partial charge is 0.325 e. The van der Waals surface area contributed by atoms with E-state index in [9.17, 15) is 18.0 Å². The predicted molar refractivity (Wildman–Crippen MR) is 68.8 cm³/mol. The van der Waals surface area contributed by atoms with Crippen molar-refractivity contribution in [2.45, 2.75) is 51.5 Å². The third-order valence-electron chi connectivity index (χ3n) is 2.10. The van der Waals surface area contributed by atoms with Crippen molar-refractivity contribution in [2.24, 2.45) is 0 Å². The van der Waals surface area contributed by atoms with E-state index in [1.807, 2.05) is 0 Å². The van der Waals surface area contributed by atoms with Gasteiger partial charge >= 0.3 is 11.9 Å². The maximum atomic E-state index is 11.8. The fourth-order valence-corrected chi connectivity index (χ4v) is 2.22. The summed E-state index contributed by atoms with van der Waals surface area (Å²) in [6.45, 7) is 7.53. The van der Waals surface area contributed by atoms with Crippen molar-refractivity contribution in [3.8, 4) is 0 Å². The molecule has 112 valence electrons. The van der Waals surface area contributed by atoms with E-state index in [1.165, 1.54) is 13.8 Å². The lowest BCUT2D eigenvalue weighted by atomic mass is 10.2. The molecular formula is C11H21NO6S. The minimum atomic E-state index is -4.00. The van der Waals surface area contributed by atoms with Crippen molar-refractivity contribution >= 4 is 22.0 Å². The van der Waals surface area contributed by atoms with Crippen LogP contribution < -0.4 is 4.72 Å². The summed E-state index contributed by atoms with van der Waals surface area (Å²) in [4.78, 5) is 22.8. The molecule has 0 saturated carbocycles. The zero-order chi connectivity index (χ0) is 15.4. The van der Waals surface area contributed by atoms with Gasteiger partial charge in [-0.1, -0.05) is 0 Å². The first kappa shape index (κ1) is 17.8. The van der Waals surface area contributed by atoms with Crippen LogP contribution in [0.1, 0.15) is 34.6 Å². The van der Waals surface area contributed by atoms with Crippen molar-refractivity contribution < 1.29 is 27.5 Å². The number of methoxy groups -OCH3 is 1. The lowest BCUT2D eigenvalue weighted by molar-refractivity contribution is -0.156. The van der Waals surface area contributed by atoms with E-state index in [-0.39, 0.29) is 0 Å². The van der Waals surface area contributed by atoms with E-state index in [0.717, 1.165) is 7.11 Å². The molecule has 2 atom stereocenters. The molecular weight excluding hydrogens is 274 g/mol. The van der Waals surface area contributed by atoms with E-state index in [4.69, 9.17) is 4.74 Å². The van der Waals surface area contributed by atoms with Gasteiger partial charge in [0.05, 0.1) is 7.11 Å². The van der Waals surface area contributed by atoms with Crippen LogP contribution >= 0.6 is 0 Å². The monoisotopic (exact) mass is 295 g/mol. The van der Waals surface area contributed by atoms with Crippen LogP contribution in [0.2, 0.25) is 0 Å². The minimum absolute atomic E-state index is 0.715. The number of esters is 2. The van der Waals surface area contributed by atoms with E-state index in [0.29, 0.717) is 0 Å². The first-order valence-corrected chi connectivity index (χ1v) is 7.27. The van der Waals surface area contributed by atoms with Crippen LogP contribution in [0.4, 0.5) is 0 Å². The Labute approximate surface area is 113 Å². The van der Waals surface area contributed by atoms with Gasteiger partial charge < -0.3 is 9.47 Å². The van der Waals surface area contributed by atoms with Crippen molar-refractivity contribution in [1.29, 1.82) is 0 Å². The average Bonchev–Trinajstić information content (AvgIpc) is 2.23. The second-order valence-electron chi connectivity index (χ2n) is 5.08. The molecule has 0 radical (unpaired) electrons. The molecule has 0 aliphatic carbocycles. The van der Waals surface area contributed by atoms with Gasteiger partial charge in [-0.3, -0.25) is 9.59 Å². The molecule has 1 N–H and O–H groups in total. The number of nitrogens with one attached hydrogen (secondary N) is 1. The first-order chi connectivity index (χ1) is 8.40. The van der Waals surface area contributed by atoms with Gasteiger partial charge in [0.1, 0.15) is 11.6 Å². The van der Waals surface area contributed by atoms with E-state index >= 15 is 0 Å². The van der Waals surface area contributed by atoms with Crippen molar-refractivity contribution in [1.82, 2.24) is 4.72 Å². The van der Waals surface area contributed by atoms with Gasteiger partial charge in [0.25, 0.3) is 0 Å².